The number of aromatic nitrogens is 4. The maximum absolute atomic E-state index is 13.1. The molecule has 0 aliphatic rings. The standard InChI is InChI=1S/C21H20N6OS/c1-3-27(20(28)16-9-10-17-18(13-16)26-29-25-17)19-11-12-22-21(24-19)23-14(2)15-7-5-4-6-8-15/h4-14H,3H2,1-2H3,(H,22,23,24)/t14-/m1/s1. The second-order valence-corrected chi connectivity index (χ2v) is 7.06. The second kappa shape index (κ2) is 8.32. The van der Waals surface area contributed by atoms with Crippen molar-refractivity contribution in [3.05, 3.63) is 71.9 Å². The number of benzene rings is 2. The lowest BCUT2D eigenvalue weighted by Crippen LogP contribution is -2.31. The molecule has 1 atom stereocenters. The lowest BCUT2D eigenvalue weighted by atomic mass is 10.1. The van der Waals surface area contributed by atoms with Crippen LogP contribution >= 0.6 is 11.7 Å². The van der Waals surface area contributed by atoms with Gasteiger partial charge in [0.25, 0.3) is 5.91 Å². The number of nitrogens with one attached hydrogen (secondary N) is 1. The Hall–Kier alpha value is -3.39. The van der Waals surface area contributed by atoms with E-state index >= 15 is 0 Å². The van der Waals surface area contributed by atoms with Crippen LogP contribution in [0.5, 0.6) is 0 Å². The summed E-state index contributed by atoms with van der Waals surface area (Å²) in [6.07, 6.45) is 1.66. The second-order valence-electron chi connectivity index (χ2n) is 6.53. The van der Waals surface area contributed by atoms with Crippen LogP contribution in [0.2, 0.25) is 0 Å². The maximum atomic E-state index is 13.1. The van der Waals surface area contributed by atoms with Gasteiger partial charge in [-0.1, -0.05) is 30.3 Å². The van der Waals surface area contributed by atoms with E-state index in [1.807, 2.05) is 50.2 Å². The molecule has 2 aromatic heterocycles. The highest BCUT2D eigenvalue weighted by Gasteiger charge is 2.19. The zero-order valence-corrected chi connectivity index (χ0v) is 16.9. The van der Waals surface area contributed by atoms with E-state index in [-0.39, 0.29) is 11.9 Å². The first-order valence-electron chi connectivity index (χ1n) is 9.34. The number of nitrogens with zero attached hydrogens (tertiary/aromatic N) is 5. The Labute approximate surface area is 172 Å². The Morgan fingerprint density at radius 2 is 1.90 bits per heavy atom. The number of fused-ring (bicyclic) bond motifs is 1. The van der Waals surface area contributed by atoms with Crippen molar-refractivity contribution in [3.8, 4) is 0 Å². The molecular formula is C21H20N6OS. The van der Waals surface area contributed by atoms with Crippen molar-refractivity contribution >= 4 is 40.4 Å². The molecule has 0 aliphatic heterocycles. The molecule has 2 heterocycles. The fourth-order valence-corrected chi connectivity index (χ4v) is 3.59. The van der Waals surface area contributed by atoms with Gasteiger partial charge in [0.1, 0.15) is 16.9 Å². The van der Waals surface area contributed by atoms with Crippen molar-refractivity contribution < 1.29 is 4.79 Å². The Kier molecular flexibility index (Phi) is 5.44. The number of amides is 1. The van der Waals surface area contributed by atoms with Crippen molar-refractivity contribution in [2.45, 2.75) is 19.9 Å². The summed E-state index contributed by atoms with van der Waals surface area (Å²) < 4.78 is 8.40. The molecule has 0 bridgehead atoms. The quantitative estimate of drug-likeness (QED) is 0.515. The first-order chi connectivity index (χ1) is 14.2. The molecule has 29 heavy (non-hydrogen) atoms. The number of carbonyl (C=O) groups excluding carboxylic acids is 1. The van der Waals surface area contributed by atoms with E-state index < -0.39 is 0 Å². The zero-order chi connectivity index (χ0) is 20.2. The van der Waals surface area contributed by atoms with Gasteiger partial charge in [0.05, 0.1) is 17.8 Å². The van der Waals surface area contributed by atoms with E-state index in [2.05, 4.69) is 24.0 Å². The Morgan fingerprint density at radius 3 is 2.69 bits per heavy atom. The molecule has 1 amide bonds. The van der Waals surface area contributed by atoms with E-state index in [1.165, 1.54) is 0 Å². The van der Waals surface area contributed by atoms with Gasteiger partial charge < -0.3 is 5.32 Å². The molecule has 0 radical (unpaired) electrons. The van der Waals surface area contributed by atoms with Crippen LogP contribution in [0.3, 0.4) is 0 Å². The topological polar surface area (TPSA) is 83.9 Å². The van der Waals surface area contributed by atoms with Crippen LogP contribution in [0.1, 0.15) is 35.8 Å². The molecule has 0 saturated carbocycles. The summed E-state index contributed by atoms with van der Waals surface area (Å²) in [6.45, 7) is 4.45. The summed E-state index contributed by atoms with van der Waals surface area (Å²) >= 11 is 1.14. The van der Waals surface area contributed by atoms with Gasteiger partial charge in [-0.2, -0.15) is 13.7 Å². The van der Waals surface area contributed by atoms with Crippen LogP contribution < -0.4 is 10.2 Å². The first-order valence-corrected chi connectivity index (χ1v) is 10.1. The molecule has 4 aromatic rings. The molecule has 0 spiro atoms. The van der Waals surface area contributed by atoms with E-state index in [0.717, 1.165) is 28.3 Å². The maximum Gasteiger partial charge on any atom is 0.259 e. The number of rotatable bonds is 6. The minimum absolute atomic E-state index is 0.0387. The highest BCUT2D eigenvalue weighted by molar-refractivity contribution is 7.00. The predicted octanol–water partition coefficient (Wildman–Crippen LogP) is 4.32. The van der Waals surface area contributed by atoms with E-state index in [1.54, 1.807) is 29.3 Å². The van der Waals surface area contributed by atoms with Gasteiger partial charge in [0, 0.05) is 18.3 Å². The Bertz CT molecular complexity index is 1130. The van der Waals surface area contributed by atoms with Gasteiger partial charge in [0.2, 0.25) is 5.95 Å². The lowest BCUT2D eigenvalue weighted by Gasteiger charge is -2.21. The number of hydrogen-bond donors (Lipinski definition) is 1. The smallest absolute Gasteiger partial charge is 0.259 e. The minimum atomic E-state index is -0.136. The fraction of sp³-hybridized carbons (Fsp3) is 0.190. The first kappa shape index (κ1) is 18.9. The van der Waals surface area contributed by atoms with Crippen molar-refractivity contribution in [2.75, 3.05) is 16.8 Å². The van der Waals surface area contributed by atoms with Gasteiger partial charge in [-0.3, -0.25) is 9.69 Å². The fourth-order valence-electron chi connectivity index (χ4n) is 3.07. The van der Waals surface area contributed by atoms with Crippen LogP contribution in [0, 0.1) is 0 Å². The van der Waals surface area contributed by atoms with Gasteiger partial charge in [-0.05, 0) is 43.7 Å². The molecule has 0 fully saturated rings. The molecule has 2 aromatic carbocycles. The summed E-state index contributed by atoms with van der Waals surface area (Å²) in [5.41, 5.74) is 3.20. The predicted molar refractivity (Wildman–Crippen MR) is 115 cm³/mol. The molecule has 1 N–H and O–H groups in total. The average Bonchev–Trinajstić information content (AvgIpc) is 3.23. The summed E-state index contributed by atoms with van der Waals surface area (Å²) in [5.74, 6) is 0.888. The molecule has 8 heteroatoms. The summed E-state index contributed by atoms with van der Waals surface area (Å²) in [4.78, 5) is 23.6. The van der Waals surface area contributed by atoms with Crippen LogP contribution in [0.25, 0.3) is 11.0 Å². The Balaban J connectivity index is 1.57. The molecule has 4 rings (SSSR count). The van der Waals surface area contributed by atoms with E-state index in [4.69, 9.17) is 0 Å². The van der Waals surface area contributed by atoms with Gasteiger partial charge in [-0.15, -0.1) is 0 Å². The number of anilines is 2. The molecule has 146 valence electrons. The third-order valence-corrected chi connectivity index (χ3v) is 5.18. The largest absolute Gasteiger partial charge is 0.348 e. The Morgan fingerprint density at radius 1 is 1.10 bits per heavy atom. The van der Waals surface area contributed by atoms with Crippen molar-refractivity contribution in [1.29, 1.82) is 0 Å². The molecule has 0 aliphatic carbocycles. The van der Waals surface area contributed by atoms with E-state index in [0.29, 0.717) is 23.9 Å². The van der Waals surface area contributed by atoms with Crippen LogP contribution in [-0.2, 0) is 0 Å². The zero-order valence-electron chi connectivity index (χ0n) is 16.1. The highest BCUT2D eigenvalue weighted by Crippen LogP contribution is 2.21. The van der Waals surface area contributed by atoms with Gasteiger partial charge >= 0.3 is 0 Å². The van der Waals surface area contributed by atoms with Gasteiger partial charge in [0.15, 0.2) is 0 Å². The molecular weight excluding hydrogens is 384 g/mol. The van der Waals surface area contributed by atoms with Crippen LogP contribution in [-0.4, -0.2) is 31.2 Å². The minimum Gasteiger partial charge on any atom is -0.348 e. The van der Waals surface area contributed by atoms with Gasteiger partial charge in [-0.25, -0.2) is 4.98 Å². The van der Waals surface area contributed by atoms with Crippen molar-refractivity contribution in [2.24, 2.45) is 0 Å². The third kappa shape index (κ3) is 4.07. The molecule has 0 saturated heterocycles. The normalized spacial score (nSPS) is 11.9. The van der Waals surface area contributed by atoms with E-state index in [9.17, 15) is 4.79 Å². The summed E-state index contributed by atoms with van der Waals surface area (Å²) in [6, 6.07) is 17.2. The average molecular weight is 404 g/mol. The summed E-state index contributed by atoms with van der Waals surface area (Å²) in [5, 5.41) is 3.30. The monoisotopic (exact) mass is 404 g/mol. The number of hydrogen-bond acceptors (Lipinski definition) is 7. The SMILES string of the molecule is CCN(C(=O)c1ccc2nsnc2c1)c1ccnc(N[C@H](C)c2ccccc2)n1. The van der Waals surface area contributed by atoms with Crippen LogP contribution in [0.15, 0.2) is 60.8 Å². The number of carbonyl (C=O) groups is 1. The molecule has 7 nitrogen and oxygen atoms in total. The highest BCUT2D eigenvalue weighted by atomic mass is 32.1. The molecule has 0 unspecified atom stereocenters. The van der Waals surface area contributed by atoms with Crippen molar-refractivity contribution in [1.82, 2.24) is 18.7 Å². The lowest BCUT2D eigenvalue weighted by molar-refractivity contribution is 0.0987. The van der Waals surface area contributed by atoms with Crippen molar-refractivity contribution in [3.63, 3.8) is 0 Å². The van der Waals surface area contributed by atoms with Crippen LogP contribution in [0.4, 0.5) is 11.8 Å². The third-order valence-electron chi connectivity index (χ3n) is 4.62. The summed E-state index contributed by atoms with van der Waals surface area (Å²) in [7, 11) is 0.